The predicted octanol–water partition coefficient (Wildman–Crippen LogP) is 5.55. The normalized spacial score (nSPS) is 10.5. The molecular weight excluding hydrogens is 370 g/mol. The smallest absolute Gasteiger partial charge is 0.163 e. The highest BCUT2D eigenvalue weighted by atomic mass is 35.5. The summed E-state index contributed by atoms with van der Waals surface area (Å²) in [5, 5.41) is 7.32. The van der Waals surface area contributed by atoms with Crippen LogP contribution in [0.25, 0.3) is 11.4 Å². The Kier molecular flexibility index (Phi) is 5.45. The summed E-state index contributed by atoms with van der Waals surface area (Å²) >= 11 is 6.10. The van der Waals surface area contributed by atoms with E-state index in [-0.39, 0.29) is 0 Å². The molecule has 0 amide bonds. The summed E-state index contributed by atoms with van der Waals surface area (Å²) < 4.78 is 0. The third-order valence-electron chi connectivity index (χ3n) is 4.05. The summed E-state index contributed by atoms with van der Waals surface area (Å²) in [6, 6.07) is 23.2. The van der Waals surface area contributed by atoms with Crippen LogP contribution in [0.15, 0.2) is 85.2 Å². The molecule has 2 heterocycles. The lowest BCUT2D eigenvalue weighted by Crippen LogP contribution is -2.05. The Hall–Kier alpha value is -3.44. The Bertz CT molecular complexity index is 1050. The van der Waals surface area contributed by atoms with Crippen LogP contribution < -0.4 is 10.6 Å². The maximum Gasteiger partial charge on any atom is 0.163 e. The molecule has 4 rings (SSSR count). The molecule has 6 heteroatoms. The highest BCUT2D eigenvalue weighted by molar-refractivity contribution is 6.30. The molecular formula is C22H18ClN5. The van der Waals surface area contributed by atoms with Crippen molar-refractivity contribution in [1.82, 2.24) is 15.0 Å². The molecule has 0 radical (unpaired) electrons. The van der Waals surface area contributed by atoms with Crippen molar-refractivity contribution >= 4 is 28.9 Å². The Morgan fingerprint density at radius 3 is 2.46 bits per heavy atom. The molecule has 4 aromatic rings. The van der Waals surface area contributed by atoms with Crippen molar-refractivity contribution in [3.63, 3.8) is 0 Å². The fourth-order valence-electron chi connectivity index (χ4n) is 2.73. The molecule has 0 unspecified atom stereocenters. The lowest BCUT2D eigenvalue weighted by atomic mass is 10.2. The first-order valence-electron chi connectivity index (χ1n) is 8.86. The number of anilines is 3. The van der Waals surface area contributed by atoms with Gasteiger partial charge in [-0.15, -0.1) is 0 Å². The Labute approximate surface area is 168 Å². The highest BCUT2D eigenvalue weighted by Gasteiger charge is 2.08. The minimum Gasteiger partial charge on any atom is -0.366 e. The summed E-state index contributed by atoms with van der Waals surface area (Å²) in [7, 11) is 0. The summed E-state index contributed by atoms with van der Waals surface area (Å²) in [5.41, 5.74) is 2.89. The lowest BCUT2D eigenvalue weighted by molar-refractivity contribution is 1.07. The van der Waals surface area contributed by atoms with E-state index < -0.39 is 0 Å². The Balaban J connectivity index is 1.64. The summed E-state index contributed by atoms with van der Waals surface area (Å²) in [4.78, 5) is 13.5. The van der Waals surface area contributed by atoms with Crippen LogP contribution >= 0.6 is 11.6 Å². The zero-order valence-corrected chi connectivity index (χ0v) is 15.8. The molecule has 2 N–H and O–H groups in total. The van der Waals surface area contributed by atoms with Gasteiger partial charge in [-0.2, -0.15) is 0 Å². The summed E-state index contributed by atoms with van der Waals surface area (Å²) in [6.07, 6.45) is 3.59. The van der Waals surface area contributed by atoms with Gasteiger partial charge in [0.05, 0.1) is 0 Å². The van der Waals surface area contributed by atoms with Crippen LogP contribution in [-0.4, -0.2) is 15.0 Å². The first-order chi connectivity index (χ1) is 13.8. The number of pyridine rings is 1. The first-order valence-corrected chi connectivity index (χ1v) is 9.24. The Morgan fingerprint density at radius 2 is 1.68 bits per heavy atom. The molecule has 0 fully saturated rings. The zero-order valence-electron chi connectivity index (χ0n) is 15.0. The number of benzene rings is 2. The van der Waals surface area contributed by atoms with E-state index >= 15 is 0 Å². The zero-order chi connectivity index (χ0) is 19.2. The highest BCUT2D eigenvalue weighted by Crippen LogP contribution is 2.24. The number of halogens is 1. The van der Waals surface area contributed by atoms with Gasteiger partial charge < -0.3 is 10.6 Å². The largest absolute Gasteiger partial charge is 0.366 e. The van der Waals surface area contributed by atoms with Crippen LogP contribution in [0, 0.1) is 0 Å². The van der Waals surface area contributed by atoms with Crippen LogP contribution in [-0.2, 0) is 6.54 Å². The average Bonchev–Trinajstić information content (AvgIpc) is 2.74. The number of hydrogen-bond acceptors (Lipinski definition) is 5. The van der Waals surface area contributed by atoms with E-state index in [2.05, 4.69) is 25.6 Å². The quantitative estimate of drug-likeness (QED) is 0.454. The van der Waals surface area contributed by atoms with Gasteiger partial charge in [-0.25, -0.2) is 9.97 Å². The van der Waals surface area contributed by atoms with Gasteiger partial charge in [0.2, 0.25) is 0 Å². The van der Waals surface area contributed by atoms with Crippen molar-refractivity contribution in [2.24, 2.45) is 0 Å². The van der Waals surface area contributed by atoms with E-state index in [1.54, 1.807) is 6.20 Å². The van der Waals surface area contributed by atoms with Gasteiger partial charge in [-0.05, 0) is 29.8 Å². The van der Waals surface area contributed by atoms with Gasteiger partial charge in [0.1, 0.15) is 11.6 Å². The van der Waals surface area contributed by atoms with Gasteiger partial charge in [0.25, 0.3) is 0 Å². The Morgan fingerprint density at radius 1 is 0.821 bits per heavy atom. The van der Waals surface area contributed by atoms with Gasteiger partial charge >= 0.3 is 0 Å². The predicted molar refractivity (Wildman–Crippen MR) is 114 cm³/mol. The van der Waals surface area contributed by atoms with Crippen LogP contribution in [0.4, 0.5) is 17.3 Å². The van der Waals surface area contributed by atoms with Gasteiger partial charge in [0.15, 0.2) is 5.82 Å². The second kappa shape index (κ2) is 8.50. The van der Waals surface area contributed by atoms with Crippen molar-refractivity contribution in [2.45, 2.75) is 6.54 Å². The van der Waals surface area contributed by atoms with Crippen molar-refractivity contribution in [3.05, 3.63) is 95.8 Å². The molecule has 28 heavy (non-hydrogen) atoms. The van der Waals surface area contributed by atoms with Crippen molar-refractivity contribution in [2.75, 3.05) is 10.6 Å². The van der Waals surface area contributed by atoms with Gasteiger partial charge in [-0.1, -0.05) is 54.1 Å². The molecule has 0 atom stereocenters. The maximum atomic E-state index is 6.10. The summed E-state index contributed by atoms with van der Waals surface area (Å²) in [6.45, 7) is 0.621. The maximum absolute atomic E-state index is 6.10. The fraction of sp³-hybridized carbons (Fsp3) is 0.0455. The molecule has 2 aromatic carbocycles. The monoisotopic (exact) mass is 387 g/mol. The van der Waals surface area contributed by atoms with Crippen LogP contribution in [0.3, 0.4) is 0 Å². The molecule has 0 aliphatic heterocycles. The van der Waals surface area contributed by atoms with Gasteiger partial charge in [-0.3, -0.25) is 4.98 Å². The molecule has 138 valence electrons. The third kappa shape index (κ3) is 4.64. The van der Waals surface area contributed by atoms with E-state index in [0.29, 0.717) is 23.2 Å². The number of hydrogen-bond donors (Lipinski definition) is 2. The van der Waals surface area contributed by atoms with E-state index in [1.165, 1.54) is 0 Å². The second-order valence-electron chi connectivity index (χ2n) is 6.18. The molecule has 0 saturated carbocycles. The van der Waals surface area contributed by atoms with Crippen molar-refractivity contribution in [3.8, 4) is 11.4 Å². The number of nitrogens with one attached hydrogen (secondary N) is 2. The van der Waals surface area contributed by atoms with E-state index in [1.807, 2.05) is 79.0 Å². The average molecular weight is 388 g/mol. The van der Waals surface area contributed by atoms with E-state index in [0.717, 1.165) is 22.6 Å². The molecule has 0 aliphatic rings. The lowest BCUT2D eigenvalue weighted by Gasteiger charge is -2.12. The molecule has 0 aliphatic carbocycles. The minimum atomic E-state index is 0.621. The first kappa shape index (κ1) is 17.9. The topological polar surface area (TPSA) is 62.7 Å². The van der Waals surface area contributed by atoms with Crippen LogP contribution in [0.2, 0.25) is 5.02 Å². The molecule has 0 bridgehead atoms. The number of aromatic nitrogens is 3. The number of nitrogens with zero attached hydrogens (tertiary/aromatic N) is 3. The van der Waals surface area contributed by atoms with E-state index in [9.17, 15) is 0 Å². The van der Waals surface area contributed by atoms with E-state index in [4.69, 9.17) is 11.6 Å². The summed E-state index contributed by atoms with van der Waals surface area (Å²) in [5.74, 6) is 2.05. The van der Waals surface area contributed by atoms with Gasteiger partial charge in [0, 0.05) is 41.3 Å². The van der Waals surface area contributed by atoms with Crippen LogP contribution in [0.5, 0.6) is 0 Å². The van der Waals surface area contributed by atoms with Crippen molar-refractivity contribution in [1.29, 1.82) is 0 Å². The minimum absolute atomic E-state index is 0.621. The molecule has 0 spiro atoms. The number of rotatable bonds is 6. The fourth-order valence-corrected chi connectivity index (χ4v) is 2.92. The van der Waals surface area contributed by atoms with Crippen molar-refractivity contribution < 1.29 is 0 Å². The standard InChI is InChI=1S/C22H18ClN5/c23-18-9-4-10-19(12-18)26-21-13-20(25-15-16-6-5-11-24-14-16)27-22(28-21)17-7-2-1-3-8-17/h1-14H,15H2,(H2,25,26,27,28). The van der Waals surface area contributed by atoms with Crippen LogP contribution in [0.1, 0.15) is 5.56 Å². The third-order valence-corrected chi connectivity index (χ3v) is 4.29. The molecule has 5 nitrogen and oxygen atoms in total. The second-order valence-corrected chi connectivity index (χ2v) is 6.61. The molecule has 2 aromatic heterocycles. The molecule has 0 saturated heterocycles. The SMILES string of the molecule is Clc1cccc(Nc2cc(NCc3cccnc3)nc(-c3ccccc3)n2)c1.